The van der Waals surface area contributed by atoms with E-state index in [1.165, 1.54) is 11.1 Å². The third-order valence-corrected chi connectivity index (χ3v) is 3.74. The zero-order chi connectivity index (χ0) is 13.2. The van der Waals surface area contributed by atoms with Gasteiger partial charge in [0.2, 0.25) is 0 Å². The van der Waals surface area contributed by atoms with Crippen LogP contribution in [0.2, 0.25) is 5.15 Å². The molecule has 1 N–H and O–H groups in total. The smallest absolute Gasteiger partial charge is 0.134 e. The second-order valence-electron chi connectivity index (χ2n) is 4.83. The van der Waals surface area contributed by atoms with Gasteiger partial charge in [-0.15, -0.1) is 0 Å². The van der Waals surface area contributed by atoms with Gasteiger partial charge < -0.3 is 5.32 Å². The molecule has 0 bridgehead atoms. The number of aryl methyl sites for hydroxylation is 1. The molecule has 2 aromatic rings. The van der Waals surface area contributed by atoms with Crippen molar-refractivity contribution in [2.45, 2.75) is 25.7 Å². The summed E-state index contributed by atoms with van der Waals surface area (Å²) in [5.74, 6) is 2.18. The van der Waals surface area contributed by atoms with Crippen LogP contribution in [0.3, 0.4) is 0 Å². The monoisotopic (exact) mass is 273 g/mol. The fourth-order valence-electron chi connectivity index (χ4n) is 2.49. The molecule has 0 amide bonds. The van der Waals surface area contributed by atoms with Crippen LogP contribution in [0, 0.1) is 0 Å². The van der Waals surface area contributed by atoms with Gasteiger partial charge >= 0.3 is 0 Å². The topological polar surface area (TPSA) is 37.8 Å². The summed E-state index contributed by atoms with van der Waals surface area (Å²) in [5.41, 5.74) is 2.91. The molecule has 0 saturated heterocycles. The lowest BCUT2D eigenvalue weighted by Gasteiger charge is -2.30. The Hall–Kier alpha value is -1.61. The van der Waals surface area contributed by atoms with Crippen molar-refractivity contribution in [2.24, 2.45) is 0 Å². The molecule has 1 aromatic heterocycles. The van der Waals surface area contributed by atoms with Crippen molar-refractivity contribution in [3.63, 3.8) is 0 Å². The van der Waals surface area contributed by atoms with E-state index < -0.39 is 0 Å². The van der Waals surface area contributed by atoms with Crippen LogP contribution in [0.25, 0.3) is 0 Å². The fraction of sp³-hybridized carbons (Fsp3) is 0.333. The van der Waals surface area contributed by atoms with Crippen LogP contribution in [-0.2, 0) is 12.8 Å². The highest BCUT2D eigenvalue weighted by Gasteiger charge is 2.24. The quantitative estimate of drug-likeness (QED) is 0.867. The van der Waals surface area contributed by atoms with Crippen molar-refractivity contribution in [2.75, 3.05) is 11.9 Å². The molecule has 98 valence electrons. The van der Waals surface area contributed by atoms with Gasteiger partial charge in [0, 0.05) is 24.9 Å². The van der Waals surface area contributed by atoms with Crippen LogP contribution in [0.1, 0.15) is 29.8 Å². The Labute approximate surface area is 118 Å². The summed E-state index contributed by atoms with van der Waals surface area (Å²) in [6, 6.07) is 10.4. The molecular weight excluding hydrogens is 258 g/mol. The Morgan fingerprint density at radius 3 is 2.95 bits per heavy atom. The zero-order valence-electron chi connectivity index (χ0n) is 10.9. The number of fused-ring (bicyclic) bond motifs is 1. The molecule has 1 heterocycles. The molecule has 0 aliphatic heterocycles. The minimum absolute atomic E-state index is 0.503. The minimum Gasteiger partial charge on any atom is -0.369 e. The molecule has 1 atom stereocenters. The highest BCUT2D eigenvalue weighted by atomic mass is 35.5. The van der Waals surface area contributed by atoms with Gasteiger partial charge in [-0.1, -0.05) is 42.8 Å². The zero-order valence-corrected chi connectivity index (χ0v) is 11.6. The van der Waals surface area contributed by atoms with Crippen molar-refractivity contribution < 1.29 is 0 Å². The Kier molecular flexibility index (Phi) is 3.38. The van der Waals surface area contributed by atoms with Gasteiger partial charge in [-0.25, -0.2) is 9.97 Å². The molecule has 4 heteroatoms. The molecule has 1 aromatic carbocycles. The molecule has 19 heavy (non-hydrogen) atoms. The van der Waals surface area contributed by atoms with E-state index in [4.69, 9.17) is 11.6 Å². The number of nitrogens with one attached hydrogen (secondary N) is 1. The van der Waals surface area contributed by atoms with Crippen LogP contribution in [0.5, 0.6) is 0 Å². The average molecular weight is 274 g/mol. The van der Waals surface area contributed by atoms with Gasteiger partial charge in [-0.05, 0) is 17.5 Å². The largest absolute Gasteiger partial charge is 0.369 e. The molecular formula is C15H16ClN3. The molecule has 1 aliphatic carbocycles. The second-order valence-corrected chi connectivity index (χ2v) is 5.21. The van der Waals surface area contributed by atoms with Crippen LogP contribution in [0.15, 0.2) is 30.3 Å². The highest BCUT2D eigenvalue weighted by molar-refractivity contribution is 6.29. The van der Waals surface area contributed by atoms with Gasteiger partial charge in [0.05, 0.1) is 0 Å². The molecule has 0 radical (unpaired) electrons. The lowest BCUT2D eigenvalue weighted by molar-refractivity contribution is 0.634. The Morgan fingerprint density at radius 2 is 2.16 bits per heavy atom. The number of anilines is 1. The first-order valence-corrected chi connectivity index (χ1v) is 6.99. The summed E-state index contributed by atoms with van der Waals surface area (Å²) in [6.45, 7) is 2.92. The maximum Gasteiger partial charge on any atom is 0.134 e. The number of benzene rings is 1. The number of hydrogen-bond acceptors (Lipinski definition) is 3. The van der Waals surface area contributed by atoms with Crippen molar-refractivity contribution >= 4 is 17.4 Å². The first-order chi connectivity index (χ1) is 9.26. The average Bonchev–Trinajstić information content (AvgIpc) is 2.39. The Balaban J connectivity index is 1.66. The number of nitrogens with zero attached hydrogens (tertiary/aromatic N) is 2. The summed E-state index contributed by atoms with van der Waals surface area (Å²) >= 11 is 5.98. The first kappa shape index (κ1) is 12.4. The Morgan fingerprint density at radius 1 is 1.32 bits per heavy atom. The standard InChI is InChI=1S/C15H16ClN3/c1-2-14-18-13(16)8-15(19-14)17-9-11-7-10-5-3-4-6-12(10)11/h3-6,8,11H,2,7,9H2,1H3,(H,17,18,19). The third-order valence-electron chi connectivity index (χ3n) is 3.55. The van der Waals surface area contributed by atoms with Crippen LogP contribution < -0.4 is 5.32 Å². The molecule has 1 aliphatic rings. The maximum absolute atomic E-state index is 5.98. The van der Waals surface area contributed by atoms with Crippen LogP contribution in [0.4, 0.5) is 5.82 Å². The van der Waals surface area contributed by atoms with E-state index in [2.05, 4.69) is 39.6 Å². The summed E-state index contributed by atoms with van der Waals surface area (Å²) in [7, 11) is 0. The first-order valence-electron chi connectivity index (χ1n) is 6.61. The van der Waals surface area contributed by atoms with Gasteiger partial charge in [0.25, 0.3) is 0 Å². The van der Waals surface area contributed by atoms with E-state index in [0.717, 1.165) is 31.0 Å². The van der Waals surface area contributed by atoms with E-state index >= 15 is 0 Å². The van der Waals surface area contributed by atoms with Crippen LogP contribution in [-0.4, -0.2) is 16.5 Å². The van der Waals surface area contributed by atoms with Crippen molar-refractivity contribution in [1.82, 2.24) is 9.97 Å². The van der Waals surface area contributed by atoms with Gasteiger partial charge in [-0.2, -0.15) is 0 Å². The molecule has 1 unspecified atom stereocenters. The number of halogens is 1. The molecule has 0 spiro atoms. The van der Waals surface area contributed by atoms with Gasteiger partial charge in [-0.3, -0.25) is 0 Å². The normalized spacial score (nSPS) is 16.6. The predicted octanol–water partition coefficient (Wildman–Crippen LogP) is 3.44. The maximum atomic E-state index is 5.98. The van der Waals surface area contributed by atoms with Crippen LogP contribution >= 0.6 is 11.6 Å². The molecule has 0 saturated carbocycles. The van der Waals surface area contributed by atoms with Crippen molar-refractivity contribution in [3.8, 4) is 0 Å². The lowest BCUT2D eigenvalue weighted by Crippen LogP contribution is -2.24. The molecule has 3 rings (SSSR count). The second kappa shape index (κ2) is 5.17. The van der Waals surface area contributed by atoms with Crippen molar-refractivity contribution in [1.29, 1.82) is 0 Å². The highest BCUT2D eigenvalue weighted by Crippen LogP contribution is 2.34. The van der Waals surface area contributed by atoms with E-state index in [1.54, 1.807) is 6.07 Å². The number of aromatic nitrogens is 2. The summed E-state index contributed by atoms with van der Waals surface area (Å²) < 4.78 is 0. The van der Waals surface area contributed by atoms with E-state index in [-0.39, 0.29) is 0 Å². The number of rotatable bonds is 4. The van der Waals surface area contributed by atoms with E-state index in [0.29, 0.717) is 11.1 Å². The van der Waals surface area contributed by atoms with E-state index in [1.807, 2.05) is 6.92 Å². The Bertz CT molecular complexity index is 598. The molecule has 3 nitrogen and oxygen atoms in total. The lowest BCUT2D eigenvalue weighted by atomic mass is 9.78. The fourth-order valence-corrected chi connectivity index (χ4v) is 2.69. The van der Waals surface area contributed by atoms with Gasteiger partial charge in [0.1, 0.15) is 16.8 Å². The van der Waals surface area contributed by atoms with Gasteiger partial charge in [0.15, 0.2) is 0 Å². The van der Waals surface area contributed by atoms with E-state index in [9.17, 15) is 0 Å². The predicted molar refractivity (Wildman–Crippen MR) is 77.8 cm³/mol. The molecule has 0 fully saturated rings. The SMILES string of the molecule is CCc1nc(Cl)cc(NCC2Cc3ccccc32)n1. The number of hydrogen-bond donors (Lipinski definition) is 1. The summed E-state index contributed by atoms with van der Waals surface area (Å²) in [5, 5.41) is 3.87. The summed E-state index contributed by atoms with van der Waals surface area (Å²) in [6.07, 6.45) is 1.93. The minimum atomic E-state index is 0.503. The van der Waals surface area contributed by atoms with Crippen molar-refractivity contribution in [3.05, 3.63) is 52.4 Å². The summed E-state index contributed by atoms with van der Waals surface area (Å²) in [4.78, 5) is 8.60. The third kappa shape index (κ3) is 2.56.